The SMILES string of the molecule is CC1(C)OB(c2ccccc2CC2OCCO2)OC1(C)C. The summed E-state index contributed by atoms with van der Waals surface area (Å²) < 4.78 is 23.4. The van der Waals surface area contributed by atoms with Gasteiger partial charge in [0.1, 0.15) is 0 Å². The first-order valence-electron chi connectivity index (χ1n) is 7.56. The Kier molecular flexibility index (Phi) is 3.86. The molecule has 2 fully saturated rings. The molecule has 2 heterocycles. The molecule has 0 unspecified atom stereocenters. The van der Waals surface area contributed by atoms with Gasteiger partial charge in [0.2, 0.25) is 0 Å². The van der Waals surface area contributed by atoms with E-state index in [1.807, 2.05) is 12.1 Å². The summed E-state index contributed by atoms with van der Waals surface area (Å²) in [6.07, 6.45) is 0.564. The predicted octanol–water partition coefficient (Wildman–Crippen LogP) is 1.90. The molecule has 0 atom stereocenters. The summed E-state index contributed by atoms with van der Waals surface area (Å²) >= 11 is 0. The largest absolute Gasteiger partial charge is 0.495 e. The highest BCUT2D eigenvalue weighted by atomic mass is 16.7. The summed E-state index contributed by atoms with van der Waals surface area (Å²) in [5.74, 6) is 0. The molecular formula is C16H23BO4. The molecule has 0 N–H and O–H groups in total. The number of rotatable bonds is 3. The second-order valence-electron chi connectivity index (χ2n) is 6.66. The Morgan fingerprint density at radius 1 is 1.00 bits per heavy atom. The maximum absolute atomic E-state index is 6.15. The van der Waals surface area contributed by atoms with Crippen LogP contribution in [-0.4, -0.2) is 37.8 Å². The maximum Gasteiger partial charge on any atom is 0.495 e. The van der Waals surface area contributed by atoms with Gasteiger partial charge < -0.3 is 18.8 Å². The third-order valence-electron chi connectivity index (χ3n) is 4.64. The predicted molar refractivity (Wildman–Crippen MR) is 81.6 cm³/mol. The molecule has 0 amide bonds. The molecule has 1 aromatic carbocycles. The molecule has 2 aliphatic heterocycles. The van der Waals surface area contributed by atoms with E-state index in [2.05, 4.69) is 39.8 Å². The molecule has 0 bridgehead atoms. The van der Waals surface area contributed by atoms with E-state index in [9.17, 15) is 0 Å². The van der Waals surface area contributed by atoms with E-state index >= 15 is 0 Å². The quantitative estimate of drug-likeness (QED) is 0.797. The summed E-state index contributed by atoms with van der Waals surface area (Å²) in [6, 6.07) is 8.19. The molecular weight excluding hydrogens is 267 g/mol. The Balaban J connectivity index is 1.82. The van der Waals surface area contributed by atoms with Gasteiger partial charge in [0, 0.05) is 6.42 Å². The summed E-state index contributed by atoms with van der Waals surface area (Å²) in [5, 5.41) is 0. The lowest BCUT2D eigenvalue weighted by molar-refractivity contribution is -0.0398. The van der Waals surface area contributed by atoms with Crippen LogP contribution in [0.3, 0.4) is 0 Å². The zero-order chi connectivity index (χ0) is 15.1. The molecule has 0 radical (unpaired) electrons. The lowest BCUT2D eigenvalue weighted by Gasteiger charge is -2.32. The number of benzene rings is 1. The standard InChI is InChI=1S/C16H23BO4/c1-15(2)16(3,4)21-17(20-15)13-8-6-5-7-12(13)11-14-18-9-10-19-14/h5-8,14H,9-11H2,1-4H3. The van der Waals surface area contributed by atoms with Crippen LogP contribution in [0.25, 0.3) is 0 Å². The van der Waals surface area contributed by atoms with E-state index in [-0.39, 0.29) is 24.6 Å². The molecule has 5 heteroatoms. The number of ether oxygens (including phenoxy) is 2. The number of hydrogen-bond donors (Lipinski definition) is 0. The average Bonchev–Trinajstić information content (AvgIpc) is 2.97. The Labute approximate surface area is 126 Å². The van der Waals surface area contributed by atoms with Crippen LogP contribution in [0.5, 0.6) is 0 Å². The fourth-order valence-corrected chi connectivity index (χ4v) is 2.62. The molecule has 2 aliphatic rings. The Morgan fingerprint density at radius 2 is 1.57 bits per heavy atom. The van der Waals surface area contributed by atoms with E-state index in [4.69, 9.17) is 18.8 Å². The molecule has 21 heavy (non-hydrogen) atoms. The van der Waals surface area contributed by atoms with Gasteiger partial charge >= 0.3 is 7.12 Å². The third kappa shape index (κ3) is 2.88. The summed E-state index contributed by atoms with van der Waals surface area (Å²) in [6.45, 7) is 9.61. The molecule has 0 spiro atoms. The minimum absolute atomic E-state index is 0.159. The highest BCUT2D eigenvalue weighted by Gasteiger charge is 2.52. The van der Waals surface area contributed by atoms with Crippen molar-refractivity contribution in [1.82, 2.24) is 0 Å². The van der Waals surface area contributed by atoms with Crippen molar-refractivity contribution in [2.75, 3.05) is 13.2 Å². The van der Waals surface area contributed by atoms with Crippen LogP contribution in [0.1, 0.15) is 33.3 Å². The van der Waals surface area contributed by atoms with Crippen molar-refractivity contribution >= 4 is 12.6 Å². The Morgan fingerprint density at radius 3 is 2.19 bits per heavy atom. The molecule has 3 rings (SSSR count). The molecule has 0 saturated carbocycles. The van der Waals surface area contributed by atoms with Gasteiger partial charge in [-0.3, -0.25) is 0 Å². The minimum atomic E-state index is -0.340. The lowest BCUT2D eigenvalue weighted by Crippen LogP contribution is -2.41. The van der Waals surface area contributed by atoms with Crippen LogP contribution in [0, 0.1) is 0 Å². The topological polar surface area (TPSA) is 36.9 Å². The fraction of sp³-hybridized carbons (Fsp3) is 0.625. The van der Waals surface area contributed by atoms with E-state index in [1.165, 1.54) is 0 Å². The summed E-state index contributed by atoms with van der Waals surface area (Å²) in [7, 11) is -0.340. The maximum atomic E-state index is 6.15. The summed E-state index contributed by atoms with van der Waals surface area (Å²) in [5.41, 5.74) is 1.56. The van der Waals surface area contributed by atoms with Gasteiger partial charge in [-0.2, -0.15) is 0 Å². The van der Waals surface area contributed by atoms with E-state index in [0.29, 0.717) is 13.2 Å². The molecule has 0 aliphatic carbocycles. The van der Waals surface area contributed by atoms with Gasteiger partial charge in [-0.25, -0.2) is 0 Å². The molecule has 1 aromatic rings. The van der Waals surface area contributed by atoms with Crippen LogP contribution < -0.4 is 5.46 Å². The second-order valence-corrected chi connectivity index (χ2v) is 6.66. The Bertz CT molecular complexity index is 493. The van der Waals surface area contributed by atoms with Gasteiger partial charge in [0.15, 0.2) is 6.29 Å². The van der Waals surface area contributed by atoms with Crippen molar-refractivity contribution in [3.63, 3.8) is 0 Å². The van der Waals surface area contributed by atoms with Crippen molar-refractivity contribution in [2.45, 2.75) is 51.6 Å². The van der Waals surface area contributed by atoms with Gasteiger partial charge in [0.25, 0.3) is 0 Å². The first-order chi connectivity index (χ1) is 9.89. The van der Waals surface area contributed by atoms with Gasteiger partial charge in [0.05, 0.1) is 24.4 Å². The molecule has 0 aromatic heterocycles. The van der Waals surface area contributed by atoms with Gasteiger partial charge in [-0.1, -0.05) is 24.3 Å². The second kappa shape index (κ2) is 5.40. The van der Waals surface area contributed by atoms with Crippen LogP contribution in [0.15, 0.2) is 24.3 Å². The smallest absolute Gasteiger partial charge is 0.399 e. The molecule has 114 valence electrons. The van der Waals surface area contributed by atoms with Crippen LogP contribution in [0.4, 0.5) is 0 Å². The fourth-order valence-electron chi connectivity index (χ4n) is 2.62. The van der Waals surface area contributed by atoms with E-state index in [1.54, 1.807) is 0 Å². The highest BCUT2D eigenvalue weighted by molar-refractivity contribution is 6.62. The minimum Gasteiger partial charge on any atom is -0.399 e. The first-order valence-corrected chi connectivity index (χ1v) is 7.56. The van der Waals surface area contributed by atoms with Crippen molar-refractivity contribution < 1.29 is 18.8 Å². The zero-order valence-electron chi connectivity index (χ0n) is 13.2. The zero-order valence-corrected chi connectivity index (χ0v) is 13.2. The van der Waals surface area contributed by atoms with E-state index in [0.717, 1.165) is 17.4 Å². The van der Waals surface area contributed by atoms with Gasteiger partial charge in [-0.15, -0.1) is 0 Å². The third-order valence-corrected chi connectivity index (χ3v) is 4.64. The summed E-state index contributed by atoms with van der Waals surface area (Å²) in [4.78, 5) is 0. The van der Waals surface area contributed by atoms with Crippen LogP contribution in [0.2, 0.25) is 0 Å². The monoisotopic (exact) mass is 290 g/mol. The van der Waals surface area contributed by atoms with Crippen LogP contribution >= 0.6 is 0 Å². The van der Waals surface area contributed by atoms with Crippen molar-refractivity contribution in [1.29, 1.82) is 0 Å². The average molecular weight is 290 g/mol. The van der Waals surface area contributed by atoms with Crippen molar-refractivity contribution in [2.24, 2.45) is 0 Å². The van der Waals surface area contributed by atoms with Crippen molar-refractivity contribution in [3.8, 4) is 0 Å². The Hall–Kier alpha value is -0.875. The molecule has 2 saturated heterocycles. The first kappa shape index (κ1) is 15.0. The molecule has 4 nitrogen and oxygen atoms in total. The lowest BCUT2D eigenvalue weighted by atomic mass is 9.75. The highest BCUT2D eigenvalue weighted by Crippen LogP contribution is 2.36. The van der Waals surface area contributed by atoms with Crippen molar-refractivity contribution in [3.05, 3.63) is 29.8 Å². The van der Waals surface area contributed by atoms with Gasteiger partial charge in [-0.05, 0) is 38.7 Å². The van der Waals surface area contributed by atoms with Crippen LogP contribution in [-0.2, 0) is 25.2 Å². The normalized spacial score (nSPS) is 24.7. The number of hydrogen-bond acceptors (Lipinski definition) is 4. The van der Waals surface area contributed by atoms with E-state index < -0.39 is 0 Å².